The van der Waals surface area contributed by atoms with E-state index < -0.39 is 5.41 Å². The molecule has 0 aromatic rings. The second kappa shape index (κ2) is 35.3. The number of aliphatic hydroxyl groups is 1. The maximum atomic E-state index is 12.7. The SMILES string of the molecule is CCCCCCCCCOC(=O)C(C)(C)CCCCCCN(CCCCO)CCCCCC(C)(C)COC(=O)CCCC(CCCCC)CCCCC. The van der Waals surface area contributed by atoms with Gasteiger partial charge in [0.1, 0.15) is 0 Å². The maximum Gasteiger partial charge on any atom is 0.311 e. The first-order valence-electron chi connectivity index (χ1n) is 23.2. The smallest absolute Gasteiger partial charge is 0.311 e. The van der Waals surface area contributed by atoms with Crippen LogP contribution in [-0.2, 0) is 19.1 Å². The molecule has 0 spiro atoms. The molecule has 0 aliphatic rings. The summed E-state index contributed by atoms with van der Waals surface area (Å²) in [6.07, 6.45) is 33.8. The van der Waals surface area contributed by atoms with Gasteiger partial charge in [-0.15, -0.1) is 0 Å². The molecule has 316 valence electrons. The molecule has 0 bridgehead atoms. The molecule has 0 fully saturated rings. The van der Waals surface area contributed by atoms with Crippen LogP contribution in [0.25, 0.3) is 0 Å². The molecule has 0 rings (SSSR count). The van der Waals surface area contributed by atoms with E-state index >= 15 is 0 Å². The molecular formula is C47H93NO5. The molecular weight excluding hydrogens is 659 g/mol. The highest BCUT2D eigenvalue weighted by atomic mass is 16.5. The molecule has 0 radical (unpaired) electrons. The fourth-order valence-electron chi connectivity index (χ4n) is 7.43. The molecule has 1 N–H and O–H groups in total. The van der Waals surface area contributed by atoms with Crippen molar-refractivity contribution in [2.24, 2.45) is 16.7 Å². The molecule has 0 amide bonds. The molecule has 0 saturated heterocycles. The van der Waals surface area contributed by atoms with Gasteiger partial charge in [-0.25, -0.2) is 0 Å². The quantitative estimate of drug-likeness (QED) is 0.0496. The van der Waals surface area contributed by atoms with Crippen molar-refractivity contribution in [3.63, 3.8) is 0 Å². The van der Waals surface area contributed by atoms with Gasteiger partial charge < -0.3 is 19.5 Å². The summed E-state index contributed by atoms with van der Waals surface area (Å²) in [7, 11) is 0. The predicted octanol–water partition coefficient (Wildman–Crippen LogP) is 13.4. The van der Waals surface area contributed by atoms with Crippen LogP contribution in [0.4, 0.5) is 0 Å². The molecule has 0 aliphatic carbocycles. The van der Waals surface area contributed by atoms with Gasteiger partial charge in [0.2, 0.25) is 0 Å². The fourth-order valence-corrected chi connectivity index (χ4v) is 7.43. The van der Waals surface area contributed by atoms with Crippen molar-refractivity contribution in [3.8, 4) is 0 Å². The highest BCUT2D eigenvalue weighted by Crippen LogP contribution is 2.27. The van der Waals surface area contributed by atoms with Crippen molar-refractivity contribution in [3.05, 3.63) is 0 Å². The lowest BCUT2D eigenvalue weighted by Crippen LogP contribution is -2.28. The van der Waals surface area contributed by atoms with Crippen LogP contribution in [0.5, 0.6) is 0 Å². The van der Waals surface area contributed by atoms with Crippen molar-refractivity contribution < 1.29 is 24.2 Å². The van der Waals surface area contributed by atoms with Crippen LogP contribution in [0.15, 0.2) is 0 Å². The molecule has 53 heavy (non-hydrogen) atoms. The number of hydrogen-bond donors (Lipinski definition) is 1. The van der Waals surface area contributed by atoms with Crippen molar-refractivity contribution >= 4 is 11.9 Å². The fraction of sp³-hybridized carbons (Fsp3) is 0.957. The van der Waals surface area contributed by atoms with Gasteiger partial charge in [-0.05, 0) is 103 Å². The summed E-state index contributed by atoms with van der Waals surface area (Å²) >= 11 is 0. The van der Waals surface area contributed by atoms with E-state index in [1.807, 2.05) is 13.8 Å². The Hall–Kier alpha value is -1.14. The third-order valence-corrected chi connectivity index (χ3v) is 11.3. The lowest BCUT2D eigenvalue weighted by molar-refractivity contribution is -0.154. The van der Waals surface area contributed by atoms with Gasteiger partial charge in [0.15, 0.2) is 0 Å². The van der Waals surface area contributed by atoms with E-state index in [9.17, 15) is 14.7 Å². The van der Waals surface area contributed by atoms with Gasteiger partial charge in [0.25, 0.3) is 0 Å². The zero-order valence-electron chi connectivity index (χ0n) is 36.9. The summed E-state index contributed by atoms with van der Waals surface area (Å²) in [6.45, 7) is 20.0. The van der Waals surface area contributed by atoms with Crippen LogP contribution in [0.2, 0.25) is 0 Å². The van der Waals surface area contributed by atoms with Gasteiger partial charge in [0, 0.05) is 13.0 Å². The summed E-state index contributed by atoms with van der Waals surface area (Å²) < 4.78 is 11.4. The topological polar surface area (TPSA) is 76.1 Å². The molecule has 6 nitrogen and oxygen atoms in total. The molecule has 0 aromatic carbocycles. The van der Waals surface area contributed by atoms with E-state index in [4.69, 9.17) is 9.47 Å². The first kappa shape index (κ1) is 51.9. The molecule has 0 aromatic heterocycles. The zero-order valence-corrected chi connectivity index (χ0v) is 36.9. The van der Waals surface area contributed by atoms with Gasteiger partial charge in [0.05, 0.1) is 18.6 Å². The van der Waals surface area contributed by atoms with E-state index in [0.29, 0.717) is 19.6 Å². The normalized spacial score (nSPS) is 12.3. The Kier molecular flexibility index (Phi) is 34.5. The number of ether oxygens (including phenoxy) is 2. The van der Waals surface area contributed by atoms with Crippen LogP contribution in [0.3, 0.4) is 0 Å². The Balaban J connectivity index is 4.27. The van der Waals surface area contributed by atoms with Crippen molar-refractivity contribution in [1.82, 2.24) is 4.90 Å². The number of aliphatic hydroxyl groups excluding tert-OH is 1. The van der Waals surface area contributed by atoms with E-state index in [2.05, 4.69) is 39.5 Å². The van der Waals surface area contributed by atoms with Gasteiger partial charge in [-0.2, -0.15) is 0 Å². The maximum absolute atomic E-state index is 12.7. The number of rotatable bonds is 40. The Morgan fingerprint density at radius 3 is 1.62 bits per heavy atom. The number of carbonyl (C=O) groups excluding carboxylic acids is 2. The first-order chi connectivity index (χ1) is 25.5. The summed E-state index contributed by atoms with van der Waals surface area (Å²) in [6, 6.07) is 0. The molecule has 0 aliphatic heterocycles. The molecule has 0 saturated carbocycles. The van der Waals surface area contributed by atoms with Crippen LogP contribution < -0.4 is 0 Å². The monoisotopic (exact) mass is 752 g/mol. The molecule has 0 unspecified atom stereocenters. The van der Waals surface area contributed by atoms with E-state index in [1.54, 1.807) is 0 Å². The minimum Gasteiger partial charge on any atom is -0.465 e. The van der Waals surface area contributed by atoms with Crippen LogP contribution in [0.1, 0.15) is 235 Å². The van der Waals surface area contributed by atoms with Crippen LogP contribution >= 0.6 is 0 Å². The van der Waals surface area contributed by atoms with Crippen LogP contribution in [0, 0.1) is 16.7 Å². The Bertz CT molecular complexity index is 818. The van der Waals surface area contributed by atoms with Crippen molar-refractivity contribution in [1.29, 1.82) is 0 Å². The van der Waals surface area contributed by atoms with Crippen molar-refractivity contribution in [2.75, 3.05) is 39.5 Å². The lowest BCUT2D eigenvalue weighted by Gasteiger charge is -2.25. The number of hydrogen-bond acceptors (Lipinski definition) is 6. The predicted molar refractivity (Wildman–Crippen MR) is 227 cm³/mol. The lowest BCUT2D eigenvalue weighted by atomic mass is 9.87. The van der Waals surface area contributed by atoms with Gasteiger partial charge in [-0.3, -0.25) is 9.59 Å². The molecule has 0 atom stereocenters. The number of nitrogens with zero attached hydrogens (tertiary/aromatic N) is 1. The number of esters is 2. The largest absolute Gasteiger partial charge is 0.465 e. The minimum absolute atomic E-state index is 0.0121. The second-order valence-electron chi connectivity index (χ2n) is 18.0. The third-order valence-electron chi connectivity index (χ3n) is 11.3. The Labute approximate surface area is 331 Å². The third kappa shape index (κ3) is 32.8. The number of unbranched alkanes of at least 4 members (excludes halogenated alkanes) is 16. The van der Waals surface area contributed by atoms with E-state index in [1.165, 1.54) is 116 Å². The first-order valence-corrected chi connectivity index (χ1v) is 23.2. The number of carbonyl (C=O) groups is 2. The zero-order chi connectivity index (χ0) is 39.5. The average molecular weight is 752 g/mol. The summed E-state index contributed by atoms with van der Waals surface area (Å²) in [5, 5.41) is 9.32. The molecule has 6 heteroatoms. The average Bonchev–Trinajstić information content (AvgIpc) is 3.12. The minimum atomic E-state index is -0.404. The summed E-state index contributed by atoms with van der Waals surface area (Å²) in [4.78, 5) is 27.9. The Morgan fingerprint density at radius 1 is 0.547 bits per heavy atom. The van der Waals surface area contributed by atoms with E-state index in [-0.39, 0.29) is 24.0 Å². The second-order valence-corrected chi connectivity index (χ2v) is 18.0. The summed E-state index contributed by atoms with van der Waals surface area (Å²) in [5.74, 6) is 0.721. The van der Waals surface area contributed by atoms with Crippen LogP contribution in [-0.4, -0.2) is 61.4 Å². The van der Waals surface area contributed by atoms with Gasteiger partial charge in [-0.1, -0.05) is 157 Å². The highest BCUT2D eigenvalue weighted by Gasteiger charge is 2.28. The standard InChI is InChI=1S/C47H93NO5/c1-8-11-14-15-16-19-29-41-52-45(51)47(6,7)36-24-17-18-25-37-48(39-27-28-40-49)38-26-20-23-35-46(4,5)42-53-44(50)34-30-33-43(31-21-12-9-2)32-22-13-10-3/h43,49H,8-42H2,1-7H3. The van der Waals surface area contributed by atoms with E-state index in [0.717, 1.165) is 89.8 Å². The summed E-state index contributed by atoms with van der Waals surface area (Å²) in [5.41, 5.74) is -0.392. The Morgan fingerprint density at radius 2 is 1.02 bits per heavy atom. The highest BCUT2D eigenvalue weighted by molar-refractivity contribution is 5.75. The van der Waals surface area contributed by atoms with Crippen molar-refractivity contribution in [2.45, 2.75) is 235 Å². The van der Waals surface area contributed by atoms with Gasteiger partial charge >= 0.3 is 11.9 Å². The molecule has 0 heterocycles.